The summed E-state index contributed by atoms with van der Waals surface area (Å²) in [6, 6.07) is 5.01. The van der Waals surface area contributed by atoms with Crippen molar-refractivity contribution in [2.45, 2.75) is 24.6 Å². The van der Waals surface area contributed by atoms with Crippen LogP contribution in [0.1, 0.15) is 16.0 Å². The molecule has 1 aliphatic heterocycles. The second-order valence-electron chi connectivity index (χ2n) is 4.62. The molecule has 1 aliphatic rings. The highest BCUT2D eigenvalue weighted by molar-refractivity contribution is 7.89. The Kier molecular flexibility index (Phi) is 3.59. The van der Waals surface area contributed by atoms with Gasteiger partial charge < -0.3 is 5.11 Å². The van der Waals surface area contributed by atoms with Gasteiger partial charge in [0.15, 0.2) is 5.03 Å². The van der Waals surface area contributed by atoms with Gasteiger partial charge in [0, 0.05) is 24.2 Å². The highest BCUT2D eigenvalue weighted by Gasteiger charge is 2.29. The predicted octanol–water partition coefficient (Wildman–Crippen LogP) is 1.38. The molecule has 0 unspecified atom stereocenters. The van der Waals surface area contributed by atoms with E-state index in [0.717, 1.165) is 12.0 Å². The molecule has 0 spiro atoms. The van der Waals surface area contributed by atoms with Gasteiger partial charge >= 0.3 is 0 Å². The molecule has 7 heteroatoms. The van der Waals surface area contributed by atoms with Gasteiger partial charge in [-0.25, -0.2) is 13.4 Å². The third-order valence-corrected chi connectivity index (χ3v) is 6.14. The first-order valence-electron chi connectivity index (χ1n) is 6.22. The number of aliphatic hydroxyl groups excluding tert-OH is 1. The number of sulfonamides is 1. The number of rotatable bonds is 3. The maximum absolute atomic E-state index is 12.5. The lowest BCUT2D eigenvalue weighted by molar-refractivity contribution is 0.281. The van der Waals surface area contributed by atoms with Gasteiger partial charge in [-0.2, -0.15) is 4.31 Å². The molecular formula is C13H14N2O3S2. The van der Waals surface area contributed by atoms with E-state index in [1.807, 2.05) is 11.4 Å². The fraction of sp³-hybridized carbons (Fsp3) is 0.308. The molecule has 0 radical (unpaired) electrons. The number of thiophene rings is 1. The Morgan fingerprint density at radius 3 is 2.90 bits per heavy atom. The molecule has 1 N–H and O–H groups in total. The van der Waals surface area contributed by atoms with Gasteiger partial charge in [-0.1, -0.05) is 6.07 Å². The van der Waals surface area contributed by atoms with Crippen molar-refractivity contribution in [3.8, 4) is 0 Å². The molecule has 0 amide bonds. The molecule has 0 aliphatic carbocycles. The van der Waals surface area contributed by atoms with E-state index in [-0.39, 0.29) is 11.6 Å². The molecule has 0 fully saturated rings. The Morgan fingerprint density at radius 2 is 2.20 bits per heavy atom. The molecule has 106 valence electrons. The molecule has 3 rings (SSSR count). The zero-order chi connectivity index (χ0) is 14.2. The summed E-state index contributed by atoms with van der Waals surface area (Å²) in [5.74, 6) is 0. The van der Waals surface area contributed by atoms with Crippen LogP contribution in [0.5, 0.6) is 0 Å². The van der Waals surface area contributed by atoms with Crippen LogP contribution in [0.15, 0.2) is 34.8 Å². The summed E-state index contributed by atoms with van der Waals surface area (Å²) in [5, 5.41) is 11.0. The minimum absolute atomic E-state index is 0.0355. The average molecular weight is 310 g/mol. The van der Waals surface area contributed by atoms with Crippen molar-refractivity contribution in [2.75, 3.05) is 6.54 Å². The first-order valence-corrected chi connectivity index (χ1v) is 8.54. The third-order valence-electron chi connectivity index (χ3n) is 3.36. The fourth-order valence-corrected chi connectivity index (χ4v) is 4.44. The van der Waals surface area contributed by atoms with Crippen LogP contribution in [0.2, 0.25) is 0 Å². The second kappa shape index (κ2) is 5.25. The smallest absolute Gasteiger partial charge is 0.260 e. The molecule has 2 aromatic heterocycles. The summed E-state index contributed by atoms with van der Waals surface area (Å²) in [6.45, 7) is 0.749. The highest BCUT2D eigenvalue weighted by atomic mass is 32.2. The van der Waals surface area contributed by atoms with Gasteiger partial charge in [0.1, 0.15) is 0 Å². The average Bonchev–Trinajstić information content (AvgIpc) is 2.94. The molecule has 2 aromatic rings. The van der Waals surface area contributed by atoms with Gasteiger partial charge in [-0.05, 0) is 35.1 Å². The minimum atomic E-state index is -3.56. The van der Waals surface area contributed by atoms with Crippen molar-refractivity contribution < 1.29 is 13.5 Å². The van der Waals surface area contributed by atoms with E-state index < -0.39 is 10.0 Å². The van der Waals surface area contributed by atoms with Crippen LogP contribution in [-0.2, 0) is 29.6 Å². The molecule has 20 heavy (non-hydrogen) atoms. The zero-order valence-electron chi connectivity index (χ0n) is 10.7. The van der Waals surface area contributed by atoms with Crippen molar-refractivity contribution in [3.05, 3.63) is 45.8 Å². The summed E-state index contributed by atoms with van der Waals surface area (Å²) in [5.41, 5.74) is 1.68. The second-order valence-corrected chi connectivity index (χ2v) is 7.51. The number of nitrogens with zero attached hydrogens (tertiary/aromatic N) is 2. The Morgan fingerprint density at radius 1 is 1.35 bits per heavy atom. The molecule has 0 saturated carbocycles. The van der Waals surface area contributed by atoms with Crippen LogP contribution >= 0.6 is 11.3 Å². The van der Waals surface area contributed by atoms with E-state index in [2.05, 4.69) is 4.98 Å². The summed E-state index contributed by atoms with van der Waals surface area (Å²) in [6.07, 6.45) is 2.15. The standard InChI is InChI=1S/C13H14N2O3S2/c16-9-10-1-2-13(14-7-10)20(17,18)15-5-3-12-11(8-15)4-6-19-12/h1-2,4,6-7,16H,3,5,8-9H2. The predicted molar refractivity (Wildman–Crippen MR) is 75.8 cm³/mol. The van der Waals surface area contributed by atoms with Crippen LogP contribution in [0.3, 0.4) is 0 Å². The maximum Gasteiger partial charge on any atom is 0.260 e. The number of hydrogen-bond acceptors (Lipinski definition) is 5. The maximum atomic E-state index is 12.5. The van der Waals surface area contributed by atoms with Gasteiger partial charge in [0.05, 0.1) is 6.61 Å². The highest BCUT2D eigenvalue weighted by Crippen LogP contribution is 2.27. The SMILES string of the molecule is O=S(=O)(c1ccc(CO)cn1)N1CCc2sccc2C1. The van der Waals surface area contributed by atoms with Crippen LogP contribution < -0.4 is 0 Å². The number of fused-ring (bicyclic) bond motifs is 1. The Hall–Kier alpha value is -1.28. The van der Waals surface area contributed by atoms with Crippen molar-refractivity contribution in [2.24, 2.45) is 0 Å². The molecule has 0 bridgehead atoms. The van der Waals surface area contributed by atoms with Gasteiger partial charge in [-0.3, -0.25) is 0 Å². The molecular weight excluding hydrogens is 296 g/mol. The number of pyridine rings is 1. The molecule has 0 aromatic carbocycles. The van der Waals surface area contributed by atoms with Gasteiger partial charge in [0.2, 0.25) is 0 Å². The monoisotopic (exact) mass is 310 g/mol. The number of aromatic nitrogens is 1. The van der Waals surface area contributed by atoms with Crippen molar-refractivity contribution in [1.82, 2.24) is 9.29 Å². The number of aliphatic hydroxyl groups is 1. The Bertz CT molecular complexity index is 707. The first kappa shape index (κ1) is 13.7. The van der Waals surface area contributed by atoms with Crippen LogP contribution in [-0.4, -0.2) is 29.4 Å². The summed E-state index contributed by atoms with van der Waals surface area (Å²) in [7, 11) is -3.56. The van der Waals surface area contributed by atoms with Gasteiger partial charge in [0.25, 0.3) is 10.0 Å². The zero-order valence-corrected chi connectivity index (χ0v) is 12.3. The van der Waals surface area contributed by atoms with E-state index in [4.69, 9.17) is 5.11 Å². The molecule has 5 nitrogen and oxygen atoms in total. The lowest BCUT2D eigenvalue weighted by Gasteiger charge is -2.25. The lowest BCUT2D eigenvalue weighted by atomic mass is 10.1. The van der Waals surface area contributed by atoms with E-state index >= 15 is 0 Å². The quantitative estimate of drug-likeness (QED) is 0.930. The van der Waals surface area contributed by atoms with Crippen molar-refractivity contribution in [3.63, 3.8) is 0 Å². The van der Waals surface area contributed by atoms with Crippen LogP contribution in [0.25, 0.3) is 0 Å². The van der Waals surface area contributed by atoms with Crippen molar-refractivity contribution in [1.29, 1.82) is 0 Å². The lowest BCUT2D eigenvalue weighted by Crippen LogP contribution is -2.35. The normalized spacial score (nSPS) is 16.1. The Labute approximate surface area is 121 Å². The molecule has 3 heterocycles. The van der Waals surface area contributed by atoms with Crippen molar-refractivity contribution >= 4 is 21.4 Å². The van der Waals surface area contributed by atoms with Crippen LogP contribution in [0, 0.1) is 0 Å². The van der Waals surface area contributed by atoms with E-state index in [0.29, 0.717) is 18.7 Å². The summed E-state index contributed by atoms with van der Waals surface area (Å²) >= 11 is 1.67. The topological polar surface area (TPSA) is 70.5 Å². The first-order chi connectivity index (χ1) is 9.61. The molecule has 0 saturated heterocycles. The van der Waals surface area contributed by atoms with E-state index in [1.165, 1.54) is 21.4 Å². The summed E-state index contributed by atoms with van der Waals surface area (Å²) in [4.78, 5) is 5.22. The third kappa shape index (κ3) is 2.37. The minimum Gasteiger partial charge on any atom is -0.392 e. The largest absolute Gasteiger partial charge is 0.392 e. The van der Waals surface area contributed by atoms with Crippen LogP contribution in [0.4, 0.5) is 0 Å². The Balaban J connectivity index is 1.88. The van der Waals surface area contributed by atoms with E-state index in [1.54, 1.807) is 17.4 Å². The van der Waals surface area contributed by atoms with Gasteiger partial charge in [-0.15, -0.1) is 11.3 Å². The number of hydrogen-bond donors (Lipinski definition) is 1. The summed E-state index contributed by atoms with van der Waals surface area (Å²) < 4.78 is 26.5. The molecule has 0 atom stereocenters. The fourth-order valence-electron chi connectivity index (χ4n) is 2.22. The van der Waals surface area contributed by atoms with E-state index in [9.17, 15) is 8.42 Å².